The first-order valence-electron chi connectivity index (χ1n) is 7.85. The van der Waals surface area contributed by atoms with E-state index in [2.05, 4.69) is 41.5 Å². The lowest BCUT2D eigenvalue weighted by atomic mass is 9.77. The minimum Gasteiger partial charge on any atom is -0.306 e. The number of aromatic nitrogens is 1. The highest BCUT2D eigenvalue weighted by molar-refractivity contribution is 6.18. The Bertz CT molecular complexity index is 613. The van der Waals surface area contributed by atoms with Gasteiger partial charge in [0.15, 0.2) is 0 Å². The van der Waals surface area contributed by atoms with Gasteiger partial charge in [-0.15, -0.1) is 11.6 Å². The van der Waals surface area contributed by atoms with Crippen LogP contribution < -0.4 is 5.32 Å². The third-order valence-corrected chi connectivity index (χ3v) is 5.19. The van der Waals surface area contributed by atoms with Gasteiger partial charge in [-0.1, -0.05) is 31.9 Å². The first kappa shape index (κ1) is 14.8. The molecule has 3 rings (SSSR count). The van der Waals surface area contributed by atoms with Crippen LogP contribution in [-0.2, 0) is 6.54 Å². The van der Waals surface area contributed by atoms with Gasteiger partial charge in [-0.3, -0.25) is 4.98 Å². The fraction of sp³-hybridized carbons (Fsp3) is 0.500. The second kappa shape index (κ2) is 6.33. The number of hydrogen-bond donors (Lipinski definition) is 1. The van der Waals surface area contributed by atoms with Crippen LogP contribution in [0.2, 0.25) is 0 Å². The summed E-state index contributed by atoms with van der Waals surface area (Å²) in [6.07, 6.45) is 6.83. The Labute approximate surface area is 131 Å². The summed E-state index contributed by atoms with van der Waals surface area (Å²) in [4.78, 5) is 4.37. The number of hydrogen-bond acceptors (Lipinski definition) is 2. The van der Waals surface area contributed by atoms with Crippen molar-refractivity contribution in [3.63, 3.8) is 0 Å². The van der Waals surface area contributed by atoms with Crippen molar-refractivity contribution in [2.24, 2.45) is 5.92 Å². The van der Waals surface area contributed by atoms with E-state index < -0.39 is 0 Å². The fourth-order valence-corrected chi connectivity index (χ4v) is 3.85. The topological polar surface area (TPSA) is 24.9 Å². The molecule has 112 valence electrons. The molecule has 1 aromatic carbocycles. The molecule has 21 heavy (non-hydrogen) atoms. The third-order valence-electron chi connectivity index (χ3n) is 4.68. The van der Waals surface area contributed by atoms with Crippen LogP contribution in [0.1, 0.15) is 38.2 Å². The van der Waals surface area contributed by atoms with E-state index in [1.807, 2.05) is 12.3 Å². The van der Waals surface area contributed by atoms with Crippen LogP contribution in [-0.4, -0.2) is 16.4 Å². The molecule has 1 aliphatic carbocycles. The second-order valence-corrected chi connectivity index (χ2v) is 6.77. The molecular weight excluding hydrogens is 280 g/mol. The van der Waals surface area contributed by atoms with E-state index in [4.69, 9.17) is 11.6 Å². The zero-order chi connectivity index (χ0) is 14.7. The smallest absolute Gasteiger partial charge is 0.0702 e. The van der Waals surface area contributed by atoms with Crippen LogP contribution >= 0.6 is 11.6 Å². The standard InChI is InChI=1S/C18H23ClN2/c1-14-4-2-8-18(11-14,13-19)21-12-15-6-7-17-16(10-15)5-3-9-20-17/h3,5-7,9-10,14,21H,2,4,8,11-13H2,1H3. The molecule has 0 amide bonds. The Morgan fingerprint density at radius 1 is 1.38 bits per heavy atom. The third kappa shape index (κ3) is 3.38. The van der Waals surface area contributed by atoms with E-state index in [1.165, 1.54) is 36.6 Å². The Kier molecular flexibility index (Phi) is 4.46. The number of benzene rings is 1. The highest BCUT2D eigenvalue weighted by atomic mass is 35.5. The first-order chi connectivity index (χ1) is 10.2. The van der Waals surface area contributed by atoms with Crippen molar-refractivity contribution >= 4 is 22.5 Å². The maximum atomic E-state index is 6.29. The number of halogens is 1. The van der Waals surface area contributed by atoms with Gasteiger partial charge in [0.2, 0.25) is 0 Å². The van der Waals surface area contributed by atoms with Crippen molar-refractivity contribution < 1.29 is 0 Å². The molecule has 2 aromatic rings. The average Bonchev–Trinajstić information content (AvgIpc) is 2.53. The molecule has 1 aromatic heterocycles. The van der Waals surface area contributed by atoms with Crippen LogP contribution in [0.3, 0.4) is 0 Å². The molecule has 3 heteroatoms. The predicted molar refractivity (Wildman–Crippen MR) is 89.7 cm³/mol. The van der Waals surface area contributed by atoms with Crippen molar-refractivity contribution in [2.45, 2.75) is 44.7 Å². The van der Waals surface area contributed by atoms with Gasteiger partial charge in [0, 0.05) is 29.5 Å². The molecule has 0 saturated heterocycles. The minimum absolute atomic E-state index is 0.114. The van der Waals surface area contributed by atoms with E-state index in [1.54, 1.807) is 0 Å². The van der Waals surface area contributed by atoms with Crippen LogP contribution in [0.5, 0.6) is 0 Å². The molecule has 0 spiro atoms. The van der Waals surface area contributed by atoms with E-state index in [0.717, 1.165) is 18.0 Å². The quantitative estimate of drug-likeness (QED) is 0.840. The van der Waals surface area contributed by atoms with Crippen LogP contribution in [0.25, 0.3) is 10.9 Å². The first-order valence-corrected chi connectivity index (χ1v) is 8.39. The molecule has 0 radical (unpaired) electrons. The van der Waals surface area contributed by atoms with E-state index in [0.29, 0.717) is 5.88 Å². The summed E-state index contributed by atoms with van der Waals surface area (Å²) in [5, 5.41) is 4.95. The number of nitrogens with zero attached hydrogens (tertiary/aromatic N) is 1. The lowest BCUT2D eigenvalue weighted by Gasteiger charge is -2.39. The van der Waals surface area contributed by atoms with Gasteiger partial charge in [0.1, 0.15) is 0 Å². The highest BCUT2D eigenvalue weighted by Gasteiger charge is 2.33. The number of rotatable bonds is 4. The van der Waals surface area contributed by atoms with Gasteiger partial charge in [-0.05, 0) is 42.5 Å². The maximum Gasteiger partial charge on any atom is 0.0702 e. The molecule has 1 saturated carbocycles. The number of fused-ring (bicyclic) bond motifs is 1. The van der Waals surface area contributed by atoms with Gasteiger partial charge in [-0.25, -0.2) is 0 Å². The predicted octanol–water partition coefficient (Wildman–Crippen LogP) is 4.51. The lowest BCUT2D eigenvalue weighted by molar-refractivity contribution is 0.207. The normalized spacial score (nSPS) is 26.1. The maximum absolute atomic E-state index is 6.29. The fourth-order valence-electron chi connectivity index (χ4n) is 3.51. The number of alkyl halides is 1. The van der Waals surface area contributed by atoms with E-state index in [-0.39, 0.29) is 5.54 Å². The number of nitrogens with one attached hydrogen (secondary N) is 1. The summed E-state index contributed by atoms with van der Waals surface area (Å²) in [5.41, 5.74) is 2.47. The van der Waals surface area contributed by atoms with E-state index >= 15 is 0 Å². The Hall–Kier alpha value is -1.12. The average molecular weight is 303 g/mol. The van der Waals surface area contributed by atoms with Gasteiger partial charge < -0.3 is 5.32 Å². The molecule has 0 bridgehead atoms. The van der Waals surface area contributed by atoms with Gasteiger partial charge in [0.05, 0.1) is 5.52 Å². The van der Waals surface area contributed by atoms with Crippen molar-refractivity contribution in [2.75, 3.05) is 5.88 Å². The summed E-state index contributed by atoms with van der Waals surface area (Å²) in [5.74, 6) is 1.47. The minimum atomic E-state index is 0.114. The summed E-state index contributed by atoms with van der Waals surface area (Å²) >= 11 is 6.29. The SMILES string of the molecule is CC1CCCC(CCl)(NCc2ccc3ncccc3c2)C1. The monoisotopic (exact) mass is 302 g/mol. The highest BCUT2D eigenvalue weighted by Crippen LogP contribution is 2.33. The van der Waals surface area contributed by atoms with Crippen LogP contribution in [0, 0.1) is 5.92 Å². The zero-order valence-electron chi connectivity index (χ0n) is 12.6. The molecule has 0 aliphatic heterocycles. The summed E-state index contributed by atoms with van der Waals surface area (Å²) in [7, 11) is 0. The van der Waals surface area contributed by atoms with Crippen LogP contribution in [0.15, 0.2) is 36.5 Å². The Balaban J connectivity index is 1.72. The van der Waals surface area contributed by atoms with Crippen molar-refractivity contribution in [1.82, 2.24) is 10.3 Å². The molecule has 2 nitrogen and oxygen atoms in total. The second-order valence-electron chi connectivity index (χ2n) is 6.50. The molecular formula is C18H23ClN2. The van der Waals surface area contributed by atoms with E-state index in [9.17, 15) is 0 Å². The summed E-state index contributed by atoms with van der Waals surface area (Å²) < 4.78 is 0. The molecule has 1 fully saturated rings. The summed E-state index contributed by atoms with van der Waals surface area (Å²) in [6.45, 7) is 3.22. The van der Waals surface area contributed by atoms with Crippen molar-refractivity contribution in [3.05, 3.63) is 42.1 Å². The van der Waals surface area contributed by atoms with Crippen LogP contribution in [0.4, 0.5) is 0 Å². The number of pyridine rings is 1. The van der Waals surface area contributed by atoms with Crippen molar-refractivity contribution in [3.8, 4) is 0 Å². The molecule has 1 N–H and O–H groups in total. The Morgan fingerprint density at radius 2 is 2.29 bits per heavy atom. The van der Waals surface area contributed by atoms with Gasteiger partial charge in [0.25, 0.3) is 0 Å². The zero-order valence-corrected chi connectivity index (χ0v) is 13.4. The molecule has 1 aliphatic rings. The molecule has 2 atom stereocenters. The van der Waals surface area contributed by atoms with Crippen molar-refractivity contribution in [1.29, 1.82) is 0 Å². The largest absolute Gasteiger partial charge is 0.306 e. The molecule has 1 heterocycles. The summed E-state index contributed by atoms with van der Waals surface area (Å²) in [6, 6.07) is 10.6. The van der Waals surface area contributed by atoms with Gasteiger partial charge >= 0.3 is 0 Å². The molecule has 2 unspecified atom stereocenters. The lowest BCUT2D eigenvalue weighted by Crippen LogP contribution is -2.49. The van der Waals surface area contributed by atoms with Gasteiger partial charge in [-0.2, -0.15) is 0 Å². The Morgan fingerprint density at radius 3 is 3.10 bits per heavy atom.